The molecular formula is C12H22ClN3O. The lowest BCUT2D eigenvalue weighted by Crippen LogP contribution is -2.38. The van der Waals surface area contributed by atoms with Gasteiger partial charge in [-0.2, -0.15) is 5.10 Å². The summed E-state index contributed by atoms with van der Waals surface area (Å²) in [5.41, 5.74) is 8.00. The van der Waals surface area contributed by atoms with Crippen LogP contribution in [0, 0.1) is 6.92 Å². The average Bonchev–Trinajstić information content (AvgIpc) is 2.52. The van der Waals surface area contributed by atoms with E-state index in [1.807, 2.05) is 20.9 Å². The molecule has 2 N–H and O–H groups in total. The minimum absolute atomic E-state index is 0.0488. The van der Waals surface area contributed by atoms with E-state index >= 15 is 0 Å². The van der Waals surface area contributed by atoms with Gasteiger partial charge in [-0.25, -0.2) is 0 Å². The largest absolute Gasteiger partial charge is 0.377 e. The molecule has 0 fully saturated rings. The molecule has 0 saturated carbocycles. The fourth-order valence-corrected chi connectivity index (χ4v) is 2.25. The highest BCUT2D eigenvalue weighted by Gasteiger charge is 2.20. The zero-order chi connectivity index (χ0) is 13.0. The second kappa shape index (κ2) is 6.38. The van der Waals surface area contributed by atoms with Crippen molar-refractivity contribution in [1.82, 2.24) is 9.78 Å². The normalized spacial score (nSPS) is 14.9. The first-order valence-electron chi connectivity index (χ1n) is 6.06. The van der Waals surface area contributed by atoms with Gasteiger partial charge in [0.05, 0.1) is 22.5 Å². The van der Waals surface area contributed by atoms with E-state index in [9.17, 15) is 0 Å². The Kier molecular flexibility index (Phi) is 5.43. The van der Waals surface area contributed by atoms with Crippen LogP contribution in [0.4, 0.5) is 0 Å². The summed E-state index contributed by atoms with van der Waals surface area (Å²) in [6.07, 6.45) is 1.67. The second-order valence-electron chi connectivity index (χ2n) is 4.24. The summed E-state index contributed by atoms with van der Waals surface area (Å²) >= 11 is 6.20. The first kappa shape index (κ1) is 14.5. The molecule has 5 heteroatoms. The highest BCUT2D eigenvalue weighted by Crippen LogP contribution is 2.21. The molecule has 98 valence electrons. The lowest BCUT2D eigenvalue weighted by Gasteiger charge is -2.22. The van der Waals surface area contributed by atoms with Crippen LogP contribution in [0.3, 0.4) is 0 Å². The van der Waals surface area contributed by atoms with Gasteiger partial charge in [0.25, 0.3) is 0 Å². The molecule has 2 atom stereocenters. The van der Waals surface area contributed by atoms with E-state index in [-0.39, 0.29) is 12.1 Å². The molecule has 1 aromatic heterocycles. The van der Waals surface area contributed by atoms with Crippen LogP contribution in [0.15, 0.2) is 0 Å². The first-order chi connectivity index (χ1) is 8.01. The van der Waals surface area contributed by atoms with Gasteiger partial charge < -0.3 is 10.5 Å². The van der Waals surface area contributed by atoms with Crippen LogP contribution in [-0.2, 0) is 18.2 Å². The molecule has 0 aliphatic rings. The van der Waals surface area contributed by atoms with Crippen molar-refractivity contribution in [2.24, 2.45) is 12.8 Å². The van der Waals surface area contributed by atoms with E-state index in [2.05, 4.69) is 12.0 Å². The summed E-state index contributed by atoms with van der Waals surface area (Å²) in [6, 6.07) is -0.0488. The third-order valence-corrected chi connectivity index (χ3v) is 3.44. The van der Waals surface area contributed by atoms with E-state index < -0.39 is 0 Å². The summed E-state index contributed by atoms with van der Waals surface area (Å²) in [4.78, 5) is 0. The van der Waals surface area contributed by atoms with E-state index in [1.165, 1.54) is 0 Å². The molecule has 0 bridgehead atoms. The van der Waals surface area contributed by atoms with Crippen LogP contribution in [0.5, 0.6) is 0 Å². The van der Waals surface area contributed by atoms with Gasteiger partial charge in [0.2, 0.25) is 0 Å². The van der Waals surface area contributed by atoms with Crippen LogP contribution in [0.1, 0.15) is 31.7 Å². The molecule has 2 unspecified atom stereocenters. The zero-order valence-corrected chi connectivity index (χ0v) is 11.8. The Morgan fingerprint density at radius 1 is 1.47 bits per heavy atom. The van der Waals surface area contributed by atoms with Gasteiger partial charge in [-0.05, 0) is 20.3 Å². The van der Waals surface area contributed by atoms with Crippen molar-refractivity contribution >= 4 is 11.6 Å². The van der Waals surface area contributed by atoms with E-state index in [1.54, 1.807) is 4.68 Å². The molecule has 1 rings (SSSR count). The topological polar surface area (TPSA) is 53.1 Å². The zero-order valence-electron chi connectivity index (χ0n) is 11.0. The number of ether oxygens (including phenoxy) is 1. The maximum atomic E-state index is 6.20. The maximum absolute atomic E-state index is 6.20. The fourth-order valence-electron chi connectivity index (χ4n) is 2.01. The Morgan fingerprint density at radius 3 is 2.53 bits per heavy atom. The number of nitrogens with zero attached hydrogens (tertiary/aromatic N) is 2. The minimum atomic E-state index is -0.0488. The van der Waals surface area contributed by atoms with Crippen molar-refractivity contribution in [1.29, 1.82) is 0 Å². The van der Waals surface area contributed by atoms with Crippen molar-refractivity contribution < 1.29 is 4.74 Å². The number of hydrogen-bond acceptors (Lipinski definition) is 3. The van der Waals surface area contributed by atoms with Crippen molar-refractivity contribution in [3.05, 3.63) is 16.4 Å². The molecule has 0 aliphatic heterocycles. The Bertz CT molecular complexity index is 365. The number of hydrogen-bond donors (Lipinski definition) is 1. The summed E-state index contributed by atoms with van der Waals surface area (Å²) < 4.78 is 7.42. The predicted octanol–water partition coefficient (Wildman–Crippen LogP) is 2.07. The Labute approximate surface area is 108 Å². The number of aryl methyl sites for hydroxylation is 2. The number of rotatable bonds is 6. The summed E-state index contributed by atoms with van der Waals surface area (Å²) in [5.74, 6) is 0. The molecule has 0 saturated heterocycles. The van der Waals surface area contributed by atoms with Gasteiger partial charge in [-0.3, -0.25) is 4.68 Å². The average molecular weight is 260 g/mol. The van der Waals surface area contributed by atoms with Gasteiger partial charge in [-0.1, -0.05) is 18.5 Å². The Balaban J connectivity index is 2.76. The van der Waals surface area contributed by atoms with Crippen molar-refractivity contribution in [2.45, 2.75) is 45.8 Å². The second-order valence-corrected chi connectivity index (χ2v) is 4.62. The third kappa shape index (κ3) is 3.44. The smallest absolute Gasteiger partial charge is 0.0847 e. The molecule has 1 heterocycles. The number of halogens is 1. The molecule has 0 aliphatic carbocycles. The molecule has 0 aromatic carbocycles. The lowest BCUT2D eigenvalue weighted by atomic mass is 10.0. The quantitative estimate of drug-likeness (QED) is 0.851. The number of nitrogens with two attached hydrogens (primary N) is 1. The Morgan fingerprint density at radius 2 is 2.12 bits per heavy atom. The predicted molar refractivity (Wildman–Crippen MR) is 70.3 cm³/mol. The molecule has 1 aromatic rings. The minimum Gasteiger partial charge on any atom is -0.377 e. The van der Waals surface area contributed by atoms with Gasteiger partial charge in [0.15, 0.2) is 0 Å². The van der Waals surface area contributed by atoms with Crippen molar-refractivity contribution in [3.63, 3.8) is 0 Å². The fraction of sp³-hybridized carbons (Fsp3) is 0.750. The van der Waals surface area contributed by atoms with Gasteiger partial charge >= 0.3 is 0 Å². The molecule has 0 amide bonds. The van der Waals surface area contributed by atoms with E-state index in [4.69, 9.17) is 22.1 Å². The summed E-state index contributed by atoms with van der Waals surface area (Å²) in [6.45, 7) is 6.65. The van der Waals surface area contributed by atoms with E-state index in [0.29, 0.717) is 18.1 Å². The van der Waals surface area contributed by atoms with Crippen LogP contribution >= 0.6 is 11.6 Å². The van der Waals surface area contributed by atoms with Crippen LogP contribution in [-0.4, -0.2) is 28.5 Å². The number of aromatic nitrogens is 2. The van der Waals surface area contributed by atoms with Crippen molar-refractivity contribution in [2.75, 3.05) is 6.61 Å². The van der Waals surface area contributed by atoms with E-state index in [0.717, 1.165) is 17.8 Å². The Hall–Kier alpha value is -0.580. The van der Waals surface area contributed by atoms with Crippen LogP contribution in [0.2, 0.25) is 5.02 Å². The lowest BCUT2D eigenvalue weighted by molar-refractivity contribution is 0.0413. The van der Waals surface area contributed by atoms with Crippen molar-refractivity contribution in [3.8, 4) is 0 Å². The molecule has 4 nitrogen and oxygen atoms in total. The summed E-state index contributed by atoms with van der Waals surface area (Å²) in [7, 11) is 1.89. The monoisotopic (exact) mass is 259 g/mol. The molecule has 0 spiro atoms. The van der Waals surface area contributed by atoms with Gasteiger partial charge in [0.1, 0.15) is 0 Å². The SMILES string of the molecule is CCOC(CC)C(N)Cc1c(Cl)c(C)nn1C. The van der Waals surface area contributed by atoms with Crippen LogP contribution < -0.4 is 5.73 Å². The molecule has 17 heavy (non-hydrogen) atoms. The first-order valence-corrected chi connectivity index (χ1v) is 6.44. The highest BCUT2D eigenvalue weighted by molar-refractivity contribution is 6.31. The van der Waals surface area contributed by atoms with Crippen LogP contribution in [0.25, 0.3) is 0 Å². The molecule has 0 radical (unpaired) electrons. The maximum Gasteiger partial charge on any atom is 0.0847 e. The van der Waals surface area contributed by atoms with Gasteiger partial charge in [-0.15, -0.1) is 0 Å². The standard InChI is InChI=1S/C12H22ClN3O/c1-5-11(17-6-2)9(14)7-10-12(13)8(3)15-16(10)4/h9,11H,5-7,14H2,1-4H3. The molecular weight excluding hydrogens is 238 g/mol. The summed E-state index contributed by atoms with van der Waals surface area (Å²) in [5, 5.41) is 5.00. The highest BCUT2D eigenvalue weighted by atomic mass is 35.5. The third-order valence-electron chi connectivity index (χ3n) is 2.95. The van der Waals surface area contributed by atoms with Gasteiger partial charge in [0, 0.05) is 26.1 Å².